The van der Waals surface area contributed by atoms with Gasteiger partial charge in [-0.25, -0.2) is 8.42 Å². The molecule has 0 saturated carbocycles. The maximum Gasteiger partial charge on any atom is 0.262 e. The summed E-state index contributed by atoms with van der Waals surface area (Å²) in [4.78, 5) is 0.306. The Labute approximate surface area is 129 Å². The number of nitrogens with one attached hydrogen (secondary N) is 2. The highest BCUT2D eigenvalue weighted by molar-refractivity contribution is 7.92. The van der Waals surface area contributed by atoms with Crippen molar-refractivity contribution in [2.45, 2.75) is 25.7 Å². The second-order valence-electron chi connectivity index (χ2n) is 5.48. The van der Waals surface area contributed by atoms with Crippen LogP contribution in [-0.4, -0.2) is 18.6 Å². The molecule has 0 bridgehead atoms. The minimum Gasteiger partial charge on any atom is -0.280 e. The molecule has 0 amide bonds. The number of H-pyrrole nitrogens is 1. The summed E-state index contributed by atoms with van der Waals surface area (Å²) in [7, 11) is -3.62. The molecule has 0 radical (unpaired) electrons. The first-order valence-corrected chi connectivity index (χ1v) is 8.39. The molecule has 0 aliphatic rings. The molecule has 0 aliphatic carbocycles. The number of fused-ring (bicyclic) bond motifs is 1. The van der Waals surface area contributed by atoms with Gasteiger partial charge in [0.05, 0.1) is 22.3 Å². The molecule has 0 aliphatic heterocycles. The lowest BCUT2D eigenvalue weighted by molar-refractivity contribution is 0.600. The van der Waals surface area contributed by atoms with Crippen molar-refractivity contribution in [2.24, 2.45) is 0 Å². The van der Waals surface area contributed by atoms with Gasteiger partial charge in [-0.3, -0.25) is 9.82 Å². The van der Waals surface area contributed by atoms with Gasteiger partial charge < -0.3 is 0 Å². The quantitative estimate of drug-likeness (QED) is 0.779. The molecular weight excluding hydrogens is 298 g/mol. The van der Waals surface area contributed by atoms with Gasteiger partial charge in [-0.2, -0.15) is 5.10 Å². The summed E-state index contributed by atoms with van der Waals surface area (Å²) in [6, 6.07) is 8.88. The molecule has 5 nitrogen and oxygen atoms in total. The molecule has 3 rings (SSSR count). The van der Waals surface area contributed by atoms with E-state index in [1.807, 2.05) is 26.0 Å². The molecule has 0 fully saturated rings. The van der Waals surface area contributed by atoms with Crippen molar-refractivity contribution in [3.05, 3.63) is 53.2 Å². The summed E-state index contributed by atoms with van der Waals surface area (Å²) in [6.07, 6.45) is 1.70. The standard InChI is InChI=1S/C16H17N3O2S/c1-10-6-12(3)16(7-11(10)2)22(20,21)19-14-5-4-13-9-17-18-15(13)8-14/h4-9,19H,1-3H3,(H,17,18). The first kappa shape index (κ1) is 14.6. The van der Waals surface area contributed by atoms with Gasteiger partial charge in [0.1, 0.15) is 0 Å². The van der Waals surface area contributed by atoms with E-state index in [-0.39, 0.29) is 0 Å². The average molecular weight is 315 g/mol. The van der Waals surface area contributed by atoms with Crippen molar-refractivity contribution in [1.82, 2.24) is 10.2 Å². The van der Waals surface area contributed by atoms with Crippen molar-refractivity contribution in [3.63, 3.8) is 0 Å². The van der Waals surface area contributed by atoms with E-state index in [0.29, 0.717) is 10.6 Å². The Morgan fingerprint density at radius 1 is 1.00 bits per heavy atom. The Morgan fingerprint density at radius 2 is 1.73 bits per heavy atom. The van der Waals surface area contributed by atoms with Crippen LogP contribution in [0.4, 0.5) is 5.69 Å². The fraction of sp³-hybridized carbons (Fsp3) is 0.188. The van der Waals surface area contributed by atoms with Crippen LogP contribution in [0, 0.1) is 20.8 Å². The highest BCUT2D eigenvalue weighted by Gasteiger charge is 2.18. The molecule has 6 heteroatoms. The Bertz CT molecular complexity index is 959. The third-order valence-corrected chi connectivity index (χ3v) is 5.30. The van der Waals surface area contributed by atoms with Crippen LogP contribution in [0.5, 0.6) is 0 Å². The van der Waals surface area contributed by atoms with Gasteiger partial charge in [0.15, 0.2) is 0 Å². The summed E-state index contributed by atoms with van der Waals surface area (Å²) in [6.45, 7) is 5.68. The smallest absolute Gasteiger partial charge is 0.262 e. The predicted molar refractivity (Wildman–Crippen MR) is 87.6 cm³/mol. The predicted octanol–water partition coefficient (Wildman–Crippen LogP) is 3.29. The van der Waals surface area contributed by atoms with E-state index in [1.54, 1.807) is 31.3 Å². The van der Waals surface area contributed by atoms with Gasteiger partial charge in [0, 0.05) is 5.39 Å². The van der Waals surface area contributed by atoms with Crippen molar-refractivity contribution >= 4 is 26.6 Å². The Kier molecular flexibility index (Phi) is 3.41. The lowest BCUT2D eigenvalue weighted by Gasteiger charge is -2.12. The Morgan fingerprint density at radius 3 is 2.50 bits per heavy atom. The topological polar surface area (TPSA) is 74.8 Å². The molecule has 0 atom stereocenters. The number of anilines is 1. The Balaban J connectivity index is 2.01. The number of aromatic nitrogens is 2. The number of hydrogen-bond acceptors (Lipinski definition) is 3. The molecule has 0 saturated heterocycles. The number of nitrogens with zero attached hydrogens (tertiary/aromatic N) is 1. The van der Waals surface area contributed by atoms with E-state index in [4.69, 9.17) is 0 Å². The molecule has 2 N–H and O–H groups in total. The number of hydrogen-bond donors (Lipinski definition) is 2. The van der Waals surface area contributed by atoms with Gasteiger partial charge in [-0.1, -0.05) is 6.07 Å². The van der Waals surface area contributed by atoms with Crippen LogP contribution in [0.2, 0.25) is 0 Å². The first-order chi connectivity index (χ1) is 10.4. The normalized spacial score (nSPS) is 11.8. The zero-order valence-electron chi connectivity index (χ0n) is 12.6. The van der Waals surface area contributed by atoms with Crippen molar-refractivity contribution < 1.29 is 8.42 Å². The van der Waals surface area contributed by atoms with E-state index in [9.17, 15) is 8.42 Å². The zero-order chi connectivity index (χ0) is 15.9. The first-order valence-electron chi connectivity index (χ1n) is 6.90. The van der Waals surface area contributed by atoms with Gasteiger partial charge in [-0.05, 0) is 61.7 Å². The summed E-state index contributed by atoms with van der Waals surface area (Å²) < 4.78 is 27.9. The van der Waals surface area contributed by atoms with E-state index in [2.05, 4.69) is 14.9 Å². The van der Waals surface area contributed by atoms with Crippen LogP contribution in [0.1, 0.15) is 16.7 Å². The highest BCUT2D eigenvalue weighted by atomic mass is 32.2. The molecule has 3 aromatic rings. The Hall–Kier alpha value is -2.34. The van der Waals surface area contributed by atoms with Gasteiger partial charge in [0.2, 0.25) is 0 Å². The molecule has 22 heavy (non-hydrogen) atoms. The van der Waals surface area contributed by atoms with Crippen molar-refractivity contribution in [1.29, 1.82) is 0 Å². The maximum absolute atomic E-state index is 12.6. The molecular formula is C16H17N3O2S. The lowest BCUT2D eigenvalue weighted by atomic mass is 10.1. The molecule has 1 aromatic heterocycles. The van der Waals surface area contributed by atoms with E-state index >= 15 is 0 Å². The number of aryl methyl sites for hydroxylation is 3. The van der Waals surface area contributed by atoms with Crippen molar-refractivity contribution in [2.75, 3.05) is 4.72 Å². The SMILES string of the molecule is Cc1cc(C)c(S(=O)(=O)Nc2ccc3cn[nH]c3c2)cc1C. The largest absolute Gasteiger partial charge is 0.280 e. The minimum absolute atomic E-state index is 0.306. The van der Waals surface area contributed by atoms with Gasteiger partial charge in [0.25, 0.3) is 10.0 Å². The molecule has 0 unspecified atom stereocenters. The van der Waals surface area contributed by atoms with E-state index in [0.717, 1.165) is 27.6 Å². The monoisotopic (exact) mass is 315 g/mol. The fourth-order valence-electron chi connectivity index (χ4n) is 2.43. The van der Waals surface area contributed by atoms with Crippen molar-refractivity contribution in [3.8, 4) is 0 Å². The van der Waals surface area contributed by atoms with E-state index < -0.39 is 10.0 Å². The fourth-order valence-corrected chi connectivity index (χ4v) is 3.80. The maximum atomic E-state index is 12.6. The highest BCUT2D eigenvalue weighted by Crippen LogP contribution is 2.24. The second kappa shape index (κ2) is 5.14. The summed E-state index contributed by atoms with van der Waals surface area (Å²) in [5.74, 6) is 0. The number of rotatable bonds is 3. The zero-order valence-corrected chi connectivity index (χ0v) is 13.5. The summed E-state index contributed by atoms with van der Waals surface area (Å²) >= 11 is 0. The molecule has 114 valence electrons. The number of benzene rings is 2. The third kappa shape index (κ3) is 2.57. The van der Waals surface area contributed by atoms with Crippen LogP contribution in [0.15, 0.2) is 41.4 Å². The van der Waals surface area contributed by atoms with Crippen LogP contribution in [0.25, 0.3) is 10.9 Å². The van der Waals surface area contributed by atoms with Gasteiger partial charge in [-0.15, -0.1) is 0 Å². The summed E-state index contributed by atoms with van der Waals surface area (Å²) in [5, 5.41) is 7.69. The van der Waals surface area contributed by atoms with E-state index in [1.165, 1.54) is 0 Å². The number of aromatic amines is 1. The second-order valence-corrected chi connectivity index (χ2v) is 7.13. The average Bonchev–Trinajstić information content (AvgIpc) is 2.89. The molecule has 2 aromatic carbocycles. The van der Waals surface area contributed by atoms with Crippen LogP contribution in [-0.2, 0) is 10.0 Å². The number of sulfonamides is 1. The summed E-state index contributed by atoms with van der Waals surface area (Å²) in [5.41, 5.74) is 4.06. The van der Waals surface area contributed by atoms with Gasteiger partial charge >= 0.3 is 0 Å². The van der Waals surface area contributed by atoms with Crippen LogP contribution < -0.4 is 4.72 Å². The van der Waals surface area contributed by atoms with Crippen LogP contribution in [0.3, 0.4) is 0 Å². The van der Waals surface area contributed by atoms with Crippen LogP contribution >= 0.6 is 0 Å². The lowest BCUT2D eigenvalue weighted by Crippen LogP contribution is -2.14. The molecule has 1 heterocycles. The third-order valence-electron chi connectivity index (χ3n) is 3.77. The molecule has 0 spiro atoms. The minimum atomic E-state index is -3.62.